The summed E-state index contributed by atoms with van der Waals surface area (Å²) in [7, 11) is 0. The zero-order valence-electron chi connectivity index (χ0n) is 17.1. The molecule has 2 amide bonds. The predicted molar refractivity (Wildman–Crippen MR) is 105 cm³/mol. The Morgan fingerprint density at radius 1 is 1.03 bits per heavy atom. The van der Waals surface area contributed by atoms with Gasteiger partial charge in [-0.25, -0.2) is 0 Å². The maximum atomic E-state index is 12.3. The van der Waals surface area contributed by atoms with E-state index in [0.29, 0.717) is 18.4 Å². The molecule has 0 aliphatic heterocycles. The minimum absolute atomic E-state index is 0.0116. The van der Waals surface area contributed by atoms with E-state index in [9.17, 15) is 24.0 Å². The maximum Gasteiger partial charge on any atom is 0.325 e. The highest BCUT2D eigenvalue weighted by Gasteiger charge is 2.18. The highest BCUT2D eigenvalue weighted by Crippen LogP contribution is 2.17. The molecule has 0 saturated carbocycles. The number of rotatable bonds is 14. The lowest BCUT2D eigenvalue weighted by molar-refractivity contribution is -0.141. The van der Waals surface area contributed by atoms with Crippen LogP contribution in [0.25, 0.3) is 0 Å². The topological polar surface area (TPSA) is 176 Å². The lowest BCUT2D eigenvalue weighted by atomic mass is 9.94. The van der Waals surface area contributed by atoms with E-state index < -0.39 is 35.8 Å². The van der Waals surface area contributed by atoms with Crippen molar-refractivity contribution in [1.29, 1.82) is 0 Å². The number of Topliss-reactive ketones (excluding diaryl/α,β-unsaturated/α-hetero) is 1. The number of hydrogen-bond acceptors (Lipinski definition) is 6. The largest absolute Gasteiger partial charge is 0.480 e. The van der Waals surface area contributed by atoms with E-state index >= 15 is 0 Å². The summed E-state index contributed by atoms with van der Waals surface area (Å²) in [5.74, 6) is -3.79. The van der Waals surface area contributed by atoms with Crippen LogP contribution in [0.1, 0.15) is 52.9 Å². The number of carbonyl (C=O) groups excluding carboxylic acids is 3. The molecule has 0 rings (SSSR count). The fraction of sp³-hybridized carbons (Fsp3) is 0.632. The molecule has 0 aliphatic rings. The van der Waals surface area contributed by atoms with Gasteiger partial charge >= 0.3 is 11.9 Å². The van der Waals surface area contributed by atoms with Crippen LogP contribution in [0.15, 0.2) is 11.6 Å². The molecule has 164 valence electrons. The first-order chi connectivity index (χ1) is 13.5. The van der Waals surface area contributed by atoms with E-state index in [1.807, 2.05) is 6.92 Å². The Morgan fingerprint density at radius 3 is 2.14 bits per heavy atom. The smallest absolute Gasteiger partial charge is 0.325 e. The van der Waals surface area contributed by atoms with Crippen molar-refractivity contribution in [3.8, 4) is 0 Å². The average molecular weight is 413 g/mol. The quantitative estimate of drug-likeness (QED) is 0.251. The van der Waals surface area contributed by atoms with E-state index in [1.165, 1.54) is 6.92 Å². The molecule has 0 spiro atoms. The van der Waals surface area contributed by atoms with Gasteiger partial charge in [-0.3, -0.25) is 24.0 Å². The molecule has 0 bridgehead atoms. The molecule has 29 heavy (non-hydrogen) atoms. The van der Waals surface area contributed by atoms with Gasteiger partial charge in [-0.05, 0) is 37.7 Å². The molecule has 0 radical (unpaired) electrons. The van der Waals surface area contributed by atoms with Crippen LogP contribution in [0, 0.1) is 5.92 Å². The summed E-state index contributed by atoms with van der Waals surface area (Å²) in [6.07, 6.45) is 2.84. The van der Waals surface area contributed by atoms with Gasteiger partial charge in [0.15, 0.2) is 5.78 Å². The summed E-state index contributed by atoms with van der Waals surface area (Å²) in [5.41, 5.74) is 5.92. The normalized spacial score (nSPS) is 14.4. The third kappa shape index (κ3) is 11.0. The maximum absolute atomic E-state index is 12.3. The van der Waals surface area contributed by atoms with E-state index in [-0.39, 0.29) is 37.5 Å². The van der Waals surface area contributed by atoms with Crippen LogP contribution in [-0.4, -0.2) is 58.4 Å². The summed E-state index contributed by atoms with van der Waals surface area (Å²) in [5, 5.41) is 22.2. The van der Waals surface area contributed by atoms with Crippen molar-refractivity contribution in [2.75, 3.05) is 6.54 Å². The van der Waals surface area contributed by atoms with Crippen molar-refractivity contribution in [3.05, 3.63) is 11.6 Å². The van der Waals surface area contributed by atoms with Crippen LogP contribution in [0.3, 0.4) is 0 Å². The van der Waals surface area contributed by atoms with Crippen LogP contribution in [0.2, 0.25) is 0 Å². The van der Waals surface area contributed by atoms with Crippen LogP contribution in [0.4, 0.5) is 0 Å². The Morgan fingerprint density at radius 2 is 1.66 bits per heavy atom. The molecule has 10 nitrogen and oxygen atoms in total. The summed E-state index contributed by atoms with van der Waals surface area (Å²) in [6.45, 7) is 4.62. The molecule has 10 heteroatoms. The number of aliphatic carboxylic acids is 2. The molecular formula is C19H31N3O7. The molecule has 0 heterocycles. The zero-order chi connectivity index (χ0) is 22.6. The lowest BCUT2D eigenvalue weighted by Crippen LogP contribution is -2.44. The average Bonchev–Trinajstić information content (AvgIpc) is 2.66. The molecule has 0 unspecified atom stereocenters. The van der Waals surface area contributed by atoms with Crippen molar-refractivity contribution >= 4 is 29.5 Å². The fourth-order valence-corrected chi connectivity index (χ4v) is 2.43. The fourth-order valence-electron chi connectivity index (χ4n) is 2.43. The summed E-state index contributed by atoms with van der Waals surface area (Å²) < 4.78 is 0. The van der Waals surface area contributed by atoms with Gasteiger partial charge in [-0.15, -0.1) is 0 Å². The standard InChI is InChI=1S/C19H31N3O7/c1-4-12(8-13(5-2)15(23)7-6-14(20)19(28)29)9-16(24)21-10-17(25)22-11(3)18(26)27/h8,11-12,14H,4-7,9-10,20H2,1-3H3,(H,21,24)(H,22,25)(H,26,27)(H,28,29)/t11-,12+,14+/m1/s1. The van der Waals surface area contributed by atoms with Crippen molar-refractivity contribution in [2.45, 2.75) is 65.0 Å². The number of nitrogens with one attached hydrogen (secondary N) is 2. The Bertz CT molecular complexity index is 646. The molecule has 0 fully saturated rings. The van der Waals surface area contributed by atoms with E-state index in [1.54, 1.807) is 13.0 Å². The van der Waals surface area contributed by atoms with Gasteiger partial charge in [0, 0.05) is 12.8 Å². The van der Waals surface area contributed by atoms with Crippen molar-refractivity contribution in [2.24, 2.45) is 11.7 Å². The highest BCUT2D eigenvalue weighted by atomic mass is 16.4. The minimum atomic E-state index is -1.18. The van der Waals surface area contributed by atoms with Crippen LogP contribution >= 0.6 is 0 Å². The number of allylic oxidation sites excluding steroid dienone is 2. The molecular weight excluding hydrogens is 382 g/mol. The van der Waals surface area contributed by atoms with Gasteiger partial charge in [-0.1, -0.05) is 19.9 Å². The molecule has 0 aromatic carbocycles. The summed E-state index contributed by atoms with van der Waals surface area (Å²) >= 11 is 0. The number of carboxylic acids is 2. The zero-order valence-corrected chi connectivity index (χ0v) is 17.1. The van der Waals surface area contributed by atoms with Gasteiger partial charge in [0.2, 0.25) is 11.8 Å². The Labute approximate surface area is 169 Å². The number of amides is 2. The molecule has 0 aliphatic carbocycles. The number of hydrogen-bond donors (Lipinski definition) is 5. The number of carbonyl (C=O) groups is 5. The Kier molecular flexibility index (Phi) is 12.2. The van der Waals surface area contributed by atoms with Crippen LogP contribution in [0.5, 0.6) is 0 Å². The third-order valence-electron chi connectivity index (χ3n) is 4.34. The molecule has 6 N–H and O–H groups in total. The van der Waals surface area contributed by atoms with Gasteiger partial charge in [-0.2, -0.15) is 0 Å². The van der Waals surface area contributed by atoms with Gasteiger partial charge < -0.3 is 26.6 Å². The van der Waals surface area contributed by atoms with Crippen LogP contribution in [-0.2, 0) is 24.0 Å². The second kappa shape index (κ2) is 13.4. The predicted octanol–water partition coefficient (Wildman–Crippen LogP) is 0.206. The summed E-state index contributed by atoms with van der Waals surface area (Å²) in [4.78, 5) is 57.4. The van der Waals surface area contributed by atoms with E-state index in [0.717, 1.165) is 0 Å². The van der Waals surface area contributed by atoms with Gasteiger partial charge in [0.05, 0.1) is 6.54 Å². The monoisotopic (exact) mass is 413 g/mol. The van der Waals surface area contributed by atoms with E-state index in [2.05, 4.69) is 10.6 Å². The number of ketones is 1. The first kappa shape index (κ1) is 26.2. The van der Waals surface area contributed by atoms with Crippen LogP contribution < -0.4 is 16.4 Å². The first-order valence-electron chi connectivity index (χ1n) is 9.52. The second-order valence-electron chi connectivity index (χ2n) is 6.73. The number of nitrogens with two attached hydrogens (primary N) is 1. The number of carboxylic acid groups (broad SMARTS) is 2. The SMILES string of the molecule is CCC(=C[C@H](CC)CC(=O)NCC(=O)N[C@H](C)C(=O)O)C(=O)CC[C@H](N)C(=O)O. The lowest BCUT2D eigenvalue weighted by Gasteiger charge is -2.14. The van der Waals surface area contributed by atoms with Crippen molar-refractivity contribution in [1.82, 2.24) is 10.6 Å². The van der Waals surface area contributed by atoms with Gasteiger partial charge in [0.1, 0.15) is 12.1 Å². The molecule has 0 aromatic rings. The minimum Gasteiger partial charge on any atom is -0.480 e. The molecule has 0 aromatic heterocycles. The molecule has 0 saturated heterocycles. The molecule has 3 atom stereocenters. The van der Waals surface area contributed by atoms with E-state index in [4.69, 9.17) is 15.9 Å². The second-order valence-corrected chi connectivity index (χ2v) is 6.73. The first-order valence-corrected chi connectivity index (χ1v) is 9.52. The summed E-state index contributed by atoms with van der Waals surface area (Å²) in [6, 6.07) is -2.15. The third-order valence-corrected chi connectivity index (χ3v) is 4.34. The van der Waals surface area contributed by atoms with Gasteiger partial charge in [0.25, 0.3) is 0 Å². The van der Waals surface area contributed by atoms with Crippen molar-refractivity contribution < 1.29 is 34.2 Å². The Balaban J connectivity index is 4.71. The Hall–Kier alpha value is -2.75. The highest BCUT2D eigenvalue weighted by molar-refractivity contribution is 5.95. The van der Waals surface area contributed by atoms with Crippen molar-refractivity contribution in [3.63, 3.8) is 0 Å².